The SMILES string of the molecule is CCCCCCCCCCCC(O)CC(CCCCCC)S(=O)(=O)[O-].[Na+]. The third kappa shape index (κ3) is 18.2. The molecule has 0 aliphatic carbocycles. The van der Waals surface area contributed by atoms with E-state index in [0.29, 0.717) is 12.8 Å². The maximum Gasteiger partial charge on any atom is 1.00 e. The van der Waals surface area contributed by atoms with Crippen LogP contribution in [0, 0.1) is 0 Å². The molecule has 0 radical (unpaired) electrons. The number of hydrogen-bond donors (Lipinski definition) is 1. The molecule has 0 amide bonds. The van der Waals surface area contributed by atoms with Gasteiger partial charge in [-0.25, -0.2) is 8.42 Å². The molecule has 26 heavy (non-hydrogen) atoms. The minimum atomic E-state index is -4.31. The van der Waals surface area contributed by atoms with E-state index in [1.165, 1.54) is 44.9 Å². The van der Waals surface area contributed by atoms with Crippen LogP contribution in [0.25, 0.3) is 0 Å². The Morgan fingerprint density at radius 2 is 1.12 bits per heavy atom. The first-order chi connectivity index (χ1) is 11.9. The van der Waals surface area contributed by atoms with Gasteiger partial charge in [0, 0.05) is 0 Å². The van der Waals surface area contributed by atoms with Crippen LogP contribution in [0.15, 0.2) is 0 Å². The van der Waals surface area contributed by atoms with Crippen LogP contribution in [0.5, 0.6) is 0 Å². The van der Waals surface area contributed by atoms with Crippen molar-refractivity contribution in [2.75, 3.05) is 0 Å². The van der Waals surface area contributed by atoms with Crippen LogP contribution >= 0.6 is 0 Å². The summed E-state index contributed by atoms with van der Waals surface area (Å²) in [6.07, 6.45) is 15.3. The Bertz CT molecular complexity index is 387. The summed E-state index contributed by atoms with van der Waals surface area (Å²) in [7, 11) is -4.31. The molecule has 2 atom stereocenters. The summed E-state index contributed by atoms with van der Waals surface area (Å²) in [5.74, 6) is 0. The Labute approximate surface area is 185 Å². The van der Waals surface area contributed by atoms with Crippen molar-refractivity contribution in [1.82, 2.24) is 0 Å². The summed E-state index contributed by atoms with van der Waals surface area (Å²) in [6, 6.07) is 0. The van der Waals surface area contributed by atoms with E-state index >= 15 is 0 Å². The standard InChI is InChI=1S/C20H42O4S.Na/c1-3-5-7-9-10-11-12-13-14-16-19(21)18-20(25(22,23)24)17-15-8-6-4-2;/h19-21H,3-18H2,1-2H3,(H,22,23,24);/q;+1/p-1. The van der Waals surface area contributed by atoms with Crippen LogP contribution in [-0.4, -0.2) is 29.4 Å². The summed E-state index contributed by atoms with van der Waals surface area (Å²) < 4.78 is 34.2. The van der Waals surface area contributed by atoms with Crippen molar-refractivity contribution in [3.05, 3.63) is 0 Å². The van der Waals surface area contributed by atoms with E-state index in [1.807, 2.05) is 0 Å². The summed E-state index contributed by atoms with van der Waals surface area (Å²) in [5.41, 5.74) is 0. The summed E-state index contributed by atoms with van der Waals surface area (Å²) in [5, 5.41) is 9.16. The molecule has 0 aliphatic heterocycles. The maximum atomic E-state index is 11.4. The van der Waals surface area contributed by atoms with E-state index < -0.39 is 21.5 Å². The van der Waals surface area contributed by atoms with Crippen molar-refractivity contribution in [2.24, 2.45) is 0 Å². The van der Waals surface area contributed by atoms with Crippen LogP contribution in [0.2, 0.25) is 0 Å². The minimum absolute atomic E-state index is 0. The zero-order valence-electron chi connectivity index (χ0n) is 17.5. The molecule has 0 aliphatic rings. The molecule has 0 heterocycles. The van der Waals surface area contributed by atoms with Crippen molar-refractivity contribution in [3.63, 3.8) is 0 Å². The van der Waals surface area contributed by atoms with E-state index in [4.69, 9.17) is 0 Å². The molecule has 0 saturated heterocycles. The Morgan fingerprint density at radius 1 is 0.731 bits per heavy atom. The molecule has 1 N–H and O–H groups in total. The van der Waals surface area contributed by atoms with Gasteiger partial charge < -0.3 is 9.66 Å². The Hall–Kier alpha value is 0.870. The molecule has 152 valence electrons. The van der Waals surface area contributed by atoms with Crippen molar-refractivity contribution in [3.8, 4) is 0 Å². The van der Waals surface area contributed by atoms with Gasteiger partial charge in [-0.1, -0.05) is 97.3 Å². The number of hydrogen-bond acceptors (Lipinski definition) is 4. The Balaban J connectivity index is 0. The molecular formula is C20H41NaO4S. The third-order valence-electron chi connectivity index (χ3n) is 4.96. The second-order valence-electron chi connectivity index (χ2n) is 7.47. The van der Waals surface area contributed by atoms with Gasteiger partial charge in [0.25, 0.3) is 0 Å². The van der Waals surface area contributed by atoms with Crippen LogP contribution < -0.4 is 29.6 Å². The molecule has 4 nitrogen and oxygen atoms in total. The van der Waals surface area contributed by atoms with Gasteiger partial charge in [0.15, 0.2) is 0 Å². The van der Waals surface area contributed by atoms with Gasteiger partial charge >= 0.3 is 29.6 Å². The largest absolute Gasteiger partial charge is 1.00 e. The molecule has 0 rings (SSSR count). The molecule has 2 unspecified atom stereocenters. The summed E-state index contributed by atoms with van der Waals surface area (Å²) in [6.45, 7) is 4.32. The second kappa shape index (κ2) is 19.2. The zero-order chi connectivity index (χ0) is 19.0. The van der Waals surface area contributed by atoms with Gasteiger partial charge in [-0.3, -0.25) is 0 Å². The van der Waals surface area contributed by atoms with Crippen molar-refractivity contribution >= 4 is 10.1 Å². The molecule has 0 fully saturated rings. The average molecular weight is 401 g/mol. The van der Waals surface area contributed by atoms with Crippen molar-refractivity contribution < 1.29 is 47.6 Å². The number of aliphatic hydroxyl groups excluding tert-OH is 1. The van der Waals surface area contributed by atoms with E-state index in [9.17, 15) is 18.1 Å². The molecular weight excluding hydrogens is 359 g/mol. The minimum Gasteiger partial charge on any atom is -0.748 e. The van der Waals surface area contributed by atoms with Gasteiger partial charge in [-0.2, -0.15) is 0 Å². The molecule has 0 bridgehead atoms. The van der Waals surface area contributed by atoms with Crippen LogP contribution in [-0.2, 0) is 10.1 Å². The van der Waals surface area contributed by atoms with Crippen LogP contribution in [0.4, 0.5) is 0 Å². The number of rotatable bonds is 18. The van der Waals surface area contributed by atoms with E-state index in [-0.39, 0.29) is 36.0 Å². The summed E-state index contributed by atoms with van der Waals surface area (Å²) >= 11 is 0. The van der Waals surface area contributed by atoms with Gasteiger partial charge in [0.2, 0.25) is 0 Å². The smallest absolute Gasteiger partial charge is 0.748 e. The van der Waals surface area contributed by atoms with Gasteiger partial charge in [0.1, 0.15) is 0 Å². The fraction of sp³-hybridized carbons (Fsp3) is 1.00. The second-order valence-corrected chi connectivity index (χ2v) is 9.12. The first kappa shape index (κ1) is 29.1. The third-order valence-corrected chi connectivity index (χ3v) is 6.21. The molecule has 6 heteroatoms. The first-order valence-corrected chi connectivity index (χ1v) is 12.0. The monoisotopic (exact) mass is 400 g/mol. The maximum absolute atomic E-state index is 11.4. The molecule has 0 aromatic rings. The topological polar surface area (TPSA) is 77.4 Å². The van der Waals surface area contributed by atoms with Crippen LogP contribution in [0.3, 0.4) is 0 Å². The molecule has 0 saturated carbocycles. The molecule has 0 aromatic heterocycles. The zero-order valence-corrected chi connectivity index (χ0v) is 20.4. The number of aliphatic hydroxyl groups is 1. The predicted octanol–water partition coefficient (Wildman–Crippen LogP) is 2.55. The molecule has 0 aromatic carbocycles. The van der Waals surface area contributed by atoms with Crippen molar-refractivity contribution in [2.45, 2.75) is 128 Å². The average Bonchev–Trinajstić information content (AvgIpc) is 2.55. The normalized spacial score (nSPS) is 14.0. The van der Waals surface area contributed by atoms with Gasteiger partial charge in [-0.05, 0) is 19.3 Å². The van der Waals surface area contributed by atoms with Gasteiger partial charge in [0.05, 0.1) is 21.5 Å². The van der Waals surface area contributed by atoms with E-state index in [1.54, 1.807) is 0 Å². The van der Waals surface area contributed by atoms with Gasteiger partial charge in [-0.15, -0.1) is 0 Å². The first-order valence-electron chi connectivity index (χ1n) is 10.5. The quantitative estimate of drug-likeness (QED) is 0.218. The van der Waals surface area contributed by atoms with Crippen LogP contribution in [0.1, 0.15) is 117 Å². The Morgan fingerprint density at radius 3 is 1.58 bits per heavy atom. The molecule has 0 spiro atoms. The fourth-order valence-corrected chi connectivity index (χ4v) is 4.20. The predicted molar refractivity (Wildman–Crippen MR) is 105 cm³/mol. The fourth-order valence-electron chi connectivity index (χ4n) is 3.29. The Kier molecular flexibility index (Phi) is 21.5. The van der Waals surface area contributed by atoms with E-state index in [0.717, 1.165) is 38.5 Å². The summed E-state index contributed by atoms with van der Waals surface area (Å²) in [4.78, 5) is 0. The van der Waals surface area contributed by atoms with E-state index in [2.05, 4.69) is 13.8 Å². The number of unbranched alkanes of at least 4 members (excludes halogenated alkanes) is 11. The van der Waals surface area contributed by atoms with Crippen molar-refractivity contribution in [1.29, 1.82) is 0 Å².